The molecular weight excluding hydrogens is 997 g/mol. The summed E-state index contributed by atoms with van der Waals surface area (Å²) >= 11 is 0. The Morgan fingerprint density at radius 1 is 0.421 bits per heavy atom. The lowest BCUT2D eigenvalue weighted by atomic mass is 10.0. The van der Waals surface area contributed by atoms with Gasteiger partial charge in [0.25, 0.3) is 23.6 Å². The van der Waals surface area contributed by atoms with Gasteiger partial charge in [-0.3, -0.25) is 68.4 Å². The van der Waals surface area contributed by atoms with E-state index in [-0.39, 0.29) is 84.0 Å². The molecule has 24 heteroatoms. The van der Waals surface area contributed by atoms with Gasteiger partial charge in [0.05, 0.1) is 126 Å². The Hall–Kier alpha value is -6.38. The quantitative estimate of drug-likeness (QED) is 0.0558. The van der Waals surface area contributed by atoms with E-state index in [2.05, 4.69) is 21.3 Å². The summed E-state index contributed by atoms with van der Waals surface area (Å²) in [5, 5.41) is 9.79. The fourth-order valence-corrected chi connectivity index (χ4v) is 8.64. The highest BCUT2D eigenvalue weighted by Crippen LogP contribution is 2.34. The standard InChI is InChI=1S/C52H68N6O18/c59-41(53-37-11-7-9-35-45(37)51(67)57(49(35)65)39-15-17-43(61)55-47(39)63)13-3-1-5-19-69-21-23-71-25-27-73-29-31-75-33-34-76-32-30-74-28-26-72-24-22-70-20-6-2-4-14-42(60)54-38-12-8-10-36-46(38)52(68)58(50(36)66)40-16-18-44(62)56-48(40)64/h7-12,39-40H,1-6,13-34H2,(H,53,59)(H,54,60)(H,55,61,63)(H,56,62,64). The van der Waals surface area contributed by atoms with E-state index in [1.54, 1.807) is 24.3 Å². The number of carbonyl (C=O) groups is 10. The lowest BCUT2D eigenvalue weighted by molar-refractivity contribution is -0.137. The number of anilines is 2. The molecule has 76 heavy (non-hydrogen) atoms. The van der Waals surface area contributed by atoms with Gasteiger partial charge in [-0.05, 0) is 62.8 Å². The Kier molecular flexibility index (Phi) is 24.5. The highest BCUT2D eigenvalue weighted by molar-refractivity contribution is 6.27. The summed E-state index contributed by atoms with van der Waals surface area (Å²) in [5.74, 6) is -5.55. The van der Waals surface area contributed by atoms with Crippen molar-refractivity contribution in [2.75, 3.05) is 116 Å². The molecule has 0 bridgehead atoms. The Morgan fingerprint density at radius 2 is 0.737 bits per heavy atom. The molecule has 24 nitrogen and oxygen atoms in total. The van der Waals surface area contributed by atoms with E-state index in [4.69, 9.17) is 37.9 Å². The number of unbranched alkanes of at least 4 members (excludes halogenated alkanes) is 4. The first-order valence-electron chi connectivity index (χ1n) is 25.9. The van der Waals surface area contributed by atoms with Crippen LogP contribution in [0.5, 0.6) is 0 Å². The van der Waals surface area contributed by atoms with Gasteiger partial charge in [0.1, 0.15) is 12.1 Å². The zero-order valence-corrected chi connectivity index (χ0v) is 42.7. The first-order valence-corrected chi connectivity index (χ1v) is 25.9. The minimum absolute atomic E-state index is 0.0170. The lowest BCUT2D eigenvalue weighted by Crippen LogP contribution is -2.54. The number of benzene rings is 2. The van der Waals surface area contributed by atoms with Crippen LogP contribution in [0.25, 0.3) is 0 Å². The minimum Gasteiger partial charge on any atom is -0.379 e. The minimum atomic E-state index is -1.09. The summed E-state index contributed by atoms with van der Waals surface area (Å²) in [5.41, 5.74) is 0.690. The van der Waals surface area contributed by atoms with E-state index in [1.165, 1.54) is 12.1 Å². The molecule has 0 spiro atoms. The molecule has 4 N–H and O–H groups in total. The van der Waals surface area contributed by atoms with Gasteiger partial charge in [-0.1, -0.05) is 25.0 Å². The molecule has 0 aliphatic carbocycles. The highest BCUT2D eigenvalue weighted by atomic mass is 16.6. The number of carbonyl (C=O) groups excluding carboxylic acids is 10. The second-order valence-corrected chi connectivity index (χ2v) is 18.0. The van der Waals surface area contributed by atoms with Crippen LogP contribution in [0.1, 0.15) is 118 Å². The Balaban J connectivity index is 0.635. The molecule has 2 saturated heterocycles. The number of nitrogens with zero attached hydrogens (tertiary/aromatic N) is 2. The van der Waals surface area contributed by atoms with Crippen molar-refractivity contribution in [2.24, 2.45) is 0 Å². The summed E-state index contributed by atoms with van der Waals surface area (Å²) in [6, 6.07) is 6.98. The van der Waals surface area contributed by atoms with Crippen molar-refractivity contribution in [3.63, 3.8) is 0 Å². The van der Waals surface area contributed by atoms with Gasteiger partial charge in [0, 0.05) is 38.9 Å². The summed E-state index contributed by atoms with van der Waals surface area (Å²) in [6.07, 6.45) is 4.71. The molecule has 4 aliphatic heterocycles. The topological polar surface area (TPSA) is 299 Å². The Morgan fingerprint density at radius 3 is 1.05 bits per heavy atom. The molecule has 2 unspecified atom stereocenters. The van der Waals surface area contributed by atoms with Crippen LogP contribution in [0.2, 0.25) is 0 Å². The van der Waals surface area contributed by atoms with Crippen molar-refractivity contribution in [3.05, 3.63) is 58.7 Å². The van der Waals surface area contributed by atoms with Crippen LogP contribution in [-0.4, -0.2) is 187 Å². The average Bonchev–Trinajstić information content (AvgIpc) is 3.80. The average molecular weight is 1070 g/mol. The van der Waals surface area contributed by atoms with Gasteiger partial charge in [0.2, 0.25) is 35.4 Å². The monoisotopic (exact) mass is 1060 g/mol. The molecule has 0 saturated carbocycles. The van der Waals surface area contributed by atoms with E-state index in [9.17, 15) is 47.9 Å². The van der Waals surface area contributed by atoms with Crippen LogP contribution in [0.15, 0.2) is 36.4 Å². The first-order chi connectivity index (χ1) is 37.0. The maximum Gasteiger partial charge on any atom is 0.264 e. The summed E-state index contributed by atoms with van der Waals surface area (Å²) < 4.78 is 44.3. The smallest absolute Gasteiger partial charge is 0.264 e. The normalized spacial score (nSPS) is 17.3. The molecule has 4 aliphatic rings. The third kappa shape index (κ3) is 17.6. The second kappa shape index (κ2) is 31.6. The molecule has 0 aromatic heterocycles. The summed E-state index contributed by atoms with van der Waals surface area (Å²) in [7, 11) is 0. The maximum atomic E-state index is 13.2. The Bertz CT molecular complexity index is 2220. The third-order valence-electron chi connectivity index (χ3n) is 12.5. The summed E-state index contributed by atoms with van der Waals surface area (Å²) in [4.78, 5) is 127. The molecule has 2 fully saturated rings. The van der Waals surface area contributed by atoms with E-state index >= 15 is 0 Å². The van der Waals surface area contributed by atoms with E-state index < -0.39 is 59.3 Å². The molecule has 10 amide bonds. The van der Waals surface area contributed by atoms with Gasteiger partial charge in [0.15, 0.2) is 0 Å². The molecule has 2 aromatic rings. The van der Waals surface area contributed by atoms with Gasteiger partial charge >= 0.3 is 0 Å². The maximum absolute atomic E-state index is 13.2. The number of nitrogens with one attached hydrogen (secondary N) is 4. The molecular formula is C52H68N6O18. The lowest BCUT2D eigenvalue weighted by Gasteiger charge is -2.27. The largest absolute Gasteiger partial charge is 0.379 e. The molecule has 6 rings (SSSR count). The van der Waals surface area contributed by atoms with Crippen molar-refractivity contribution in [1.29, 1.82) is 0 Å². The number of hydrogen-bond acceptors (Lipinski definition) is 18. The molecule has 414 valence electrons. The zero-order chi connectivity index (χ0) is 54.1. The molecule has 2 aromatic carbocycles. The van der Waals surface area contributed by atoms with Crippen LogP contribution in [0, 0.1) is 0 Å². The molecule has 2 atom stereocenters. The van der Waals surface area contributed by atoms with Crippen LogP contribution in [0.3, 0.4) is 0 Å². The number of rotatable bonds is 37. The van der Waals surface area contributed by atoms with Crippen molar-refractivity contribution in [2.45, 2.75) is 89.1 Å². The van der Waals surface area contributed by atoms with Gasteiger partial charge < -0.3 is 48.5 Å². The Labute approximate surface area is 439 Å². The fourth-order valence-electron chi connectivity index (χ4n) is 8.64. The van der Waals surface area contributed by atoms with Crippen LogP contribution >= 0.6 is 0 Å². The molecule has 0 radical (unpaired) electrons. The zero-order valence-electron chi connectivity index (χ0n) is 42.7. The van der Waals surface area contributed by atoms with Crippen LogP contribution in [-0.2, 0) is 66.7 Å². The fraction of sp³-hybridized carbons (Fsp3) is 0.577. The van der Waals surface area contributed by atoms with E-state index in [0.29, 0.717) is 119 Å². The predicted octanol–water partition coefficient (Wildman–Crippen LogP) is 2.32. The van der Waals surface area contributed by atoms with Crippen molar-refractivity contribution < 1.29 is 85.8 Å². The van der Waals surface area contributed by atoms with Crippen molar-refractivity contribution in [3.8, 4) is 0 Å². The SMILES string of the molecule is O=C1CCC(N2C(=O)c3cccc(NC(=O)CCCCCOCCOCCOCCOCCOCCOCCOCCOCCCCCC(=O)Nc4cccc5c4C(=O)N(C4CCC(=O)NC4=O)C5=O)c3C2=O)C(=O)N1. The first kappa shape index (κ1) is 58.9. The van der Waals surface area contributed by atoms with Crippen LogP contribution in [0.4, 0.5) is 11.4 Å². The second-order valence-electron chi connectivity index (χ2n) is 18.0. The van der Waals surface area contributed by atoms with Gasteiger partial charge in [-0.2, -0.15) is 0 Å². The van der Waals surface area contributed by atoms with Crippen molar-refractivity contribution in [1.82, 2.24) is 20.4 Å². The third-order valence-corrected chi connectivity index (χ3v) is 12.5. The molecule has 4 heterocycles. The number of piperidine rings is 2. The van der Waals surface area contributed by atoms with E-state index in [0.717, 1.165) is 35.5 Å². The number of fused-ring (bicyclic) bond motifs is 2. The van der Waals surface area contributed by atoms with Gasteiger partial charge in [-0.25, -0.2) is 0 Å². The van der Waals surface area contributed by atoms with Crippen molar-refractivity contribution >= 4 is 70.4 Å². The van der Waals surface area contributed by atoms with E-state index in [1.807, 2.05) is 0 Å². The predicted molar refractivity (Wildman–Crippen MR) is 267 cm³/mol. The number of imide groups is 4. The number of amides is 10. The number of hydrogen-bond donors (Lipinski definition) is 4. The summed E-state index contributed by atoms with van der Waals surface area (Å²) in [6.45, 7) is 6.96. The highest BCUT2D eigenvalue weighted by Gasteiger charge is 2.47. The number of ether oxygens (including phenoxy) is 8. The van der Waals surface area contributed by atoms with Gasteiger partial charge in [-0.15, -0.1) is 0 Å². The van der Waals surface area contributed by atoms with Crippen LogP contribution < -0.4 is 21.3 Å².